The van der Waals surface area contributed by atoms with Crippen LogP contribution in [-0.4, -0.2) is 37.2 Å². The van der Waals surface area contributed by atoms with Crippen molar-refractivity contribution in [2.45, 2.75) is 343 Å². The quantitative estimate of drug-likeness (QED) is 0.0343. The lowest BCUT2D eigenvalue weighted by atomic mass is 10.0. The predicted molar refractivity (Wildman–Crippen MR) is 289 cm³/mol. The normalized spacial score (nSPS) is 12.1. The zero-order chi connectivity index (χ0) is 49.1. The molecule has 0 spiro atoms. The Labute approximate surface area is 418 Å². The van der Waals surface area contributed by atoms with Gasteiger partial charge in [0.05, 0.1) is 0 Å². The second-order valence-electron chi connectivity index (χ2n) is 22.4. The largest absolute Gasteiger partial charge is 0.462 e. The molecule has 0 heterocycles. The number of carbonyl (C=O) groups excluding carboxylic acids is 3. The van der Waals surface area contributed by atoms with Crippen molar-refractivity contribution in [3.63, 3.8) is 0 Å². The van der Waals surface area contributed by atoms with Crippen LogP contribution in [0, 0.1) is 17.8 Å². The van der Waals surface area contributed by atoms with E-state index in [9.17, 15) is 14.4 Å². The van der Waals surface area contributed by atoms with Gasteiger partial charge in [-0.15, -0.1) is 0 Å². The molecule has 0 saturated carbocycles. The third kappa shape index (κ3) is 55.2. The van der Waals surface area contributed by atoms with E-state index in [2.05, 4.69) is 41.5 Å². The Morgan fingerprint density at radius 3 is 0.642 bits per heavy atom. The minimum absolute atomic E-state index is 0.0632. The van der Waals surface area contributed by atoms with E-state index in [0.717, 1.165) is 75.5 Å². The van der Waals surface area contributed by atoms with Crippen molar-refractivity contribution in [3.8, 4) is 0 Å². The first kappa shape index (κ1) is 65.4. The molecule has 6 heteroatoms. The fourth-order valence-electron chi connectivity index (χ4n) is 9.35. The van der Waals surface area contributed by atoms with Gasteiger partial charge < -0.3 is 14.2 Å². The first-order valence-electron chi connectivity index (χ1n) is 30.1. The highest BCUT2D eigenvalue weighted by atomic mass is 16.6. The molecule has 6 nitrogen and oxygen atoms in total. The molecule has 0 saturated heterocycles. The summed E-state index contributed by atoms with van der Waals surface area (Å²) in [4.78, 5) is 38.2. The second-order valence-corrected chi connectivity index (χ2v) is 22.4. The topological polar surface area (TPSA) is 78.9 Å². The van der Waals surface area contributed by atoms with Crippen LogP contribution in [0.3, 0.4) is 0 Å². The summed E-state index contributed by atoms with van der Waals surface area (Å²) in [5, 5.41) is 0. The Morgan fingerprint density at radius 2 is 0.433 bits per heavy atom. The fourth-order valence-corrected chi connectivity index (χ4v) is 9.35. The molecule has 0 aromatic carbocycles. The van der Waals surface area contributed by atoms with E-state index in [4.69, 9.17) is 14.2 Å². The first-order valence-corrected chi connectivity index (χ1v) is 30.1. The Balaban J connectivity index is 4.28. The number of carbonyl (C=O) groups is 3. The van der Waals surface area contributed by atoms with Crippen LogP contribution in [0.5, 0.6) is 0 Å². The standard InChI is InChI=1S/C61H118O6/c1-55(2)47-41-35-29-23-17-13-9-7-8-10-15-19-26-32-38-44-50-59(62)65-53-58(54-66-60(63)51-45-39-33-27-22-21-25-31-37-43-49-57(5)6)67-61(64)52-46-40-34-28-20-16-12-11-14-18-24-30-36-42-48-56(3)4/h55-58H,7-54H2,1-6H3/t58-/m1/s1. The minimum atomic E-state index is -0.764. The number of hydrogen-bond acceptors (Lipinski definition) is 6. The highest BCUT2D eigenvalue weighted by molar-refractivity contribution is 5.71. The van der Waals surface area contributed by atoms with Gasteiger partial charge in [0.15, 0.2) is 6.10 Å². The Morgan fingerprint density at radius 1 is 0.254 bits per heavy atom. The van der Waals surface area contributed by atoms with Crippen LogP contribution in [0.4, 0.5) is 0 Å². The minimum Gasteiger partial charge on any atom is -0.462 e. The van der Waals surface area contributed by atoms with Gasteiger partial charge in [-0.05, 0) is 37.0 Å². The molecule has 0 aliphatic heterocycles. The van der Waals surface area contributed by atoms with Gasteiger partial charge in [0.25, 0.3) is 0 Å². The van der Waals surface area contributed by atoms with E-state index in [1.54, 1.807) is 0 Å². The highest BCUT2D eigenvalue weighted by Gasteiger charge is 2.19. The van der Waals surface area contributed by atoms with Gasteiger partial charge in [-0.3, -0.25) is 14.4 Å². The van der Waals surface area contributed by atoms with Crippen molar-refractivity contribution in [3.05, 3.63) is 0 Å². The van der Waals surface area contributed by atoms with Crippen molar-refractivity contribution in [2.75, 3.05) is 13.2 Å². The molecule has 0 aliphatic rings. The molecule has 0 N–H and O–H groups in total. The van der Waals surface area contributed by atoms with Crippen LogP contribution in [0.15, 0.2) is 0 Å². The van der Waals surface area contributed by atoms with Gasteiger partial charge in [-0.2, -0.15) is 0 Å². The molecular weight excluding hydrogens is 829 g/mol. The number of hydrogen-bond donors (Lipinski definition) is 0. The lowest BCUT2D eigenvalue weighted by Gasteiger charge is -2.18. The summed E-state index contributed by atoms with van der Waals surface area (Å²) in [7, 11) is 0. The lowest BCUT2D eigenvalue weighted by Crippen LogP contribution is -2.30. The van der Waals surface area contributed by atoms with Crippen LogP contribution in [0.2, 0.25) is 0 Å². The Bertz CT molecular complexity index is 1040. The Hall–Kier alpha value is -1.59. The van der Waals surface area contributed by atoms with Crippen molar-refractivity contribution < 1.29 is 28.6 Å². The number of rotatable bonds is 54. The first-order chi connectivity index (χ1) is 32.6. The molecule has 0 fully saturated rings. The maximum atomic E-state index is 12.9. The van der Waals surface area contributed by atoms with Gasteiger partial charge in [-0.25, -0.2) is 0 Å². The summed E-state index contributed by atoms with van der Waals surface area (Å²) in [5.74, 6) is 1.67. The summed E-state index contributed by atoms with van der Waals surface area (Å²) in [5.41, 5.74) is 0. The molecule has 398 valence electrons. The van der Waals surface area contributed by atoms with Crippen LogP contribution in [-0.2, 0) is 28.6 Å². The average molecular weight is 948 g/mol. The molecule has 0 aliphatic carbocycles. The fraction of sp³-hybridized carbons (Fsp3) is 0.951. The number of unbranched alkanes of at least 4 members (excludes halogenated alkanes) is 37. The highest BCUT2D eigenvalue weighted by Crippen LogP contribution is 2.19. The Kier molecular flexibility index (Phi) is 51.0. The van der Waals surface area contributed by atoms with E-state index < -0.39 is 6.10 Å². The lowest BCUT2D eigenvalue weighted by molar-refractivity contribution is -0.167. The zero-order valence-corrected chi connectivity index (χ0v) is 46.2. The summed E-state index contributed by atoms with van der Waals surface area (Å²) in [6.07, 6.45) is 55.3. The second kappa shape index (κ2) is 52.2. The predicted octanol–water partition coefficient (Wildman–Crippen LogP) is 19.9. The van der Waals surface area contributed by atoms with E-state index >= 15 is 0 Å². The summed E-state index contributed by atoms with van der Waals surface area (Å²) >= 11 is 0. The van der Waals surface area contributed by atoms with Gasteiger partial charge in [0.2, 0.25) is 0 Å². The van der Waals surface area contributed by atoms with Gasteiger partial charge >= 0.3 is 17.9 Å². The maximum absolute atomic E-state index is 12.9. The average Bonchev–Trinajstić information content (AvgIpc) is 3.29. The summed E-state index contributed by atoms with van der Waals surface area (Å²) in [6.45, 7) is 13.8. The number of ether oxygens (including phenoxy) is 3. The van der Waals surface area contributed by atoms with Gasteiger partial charge in [0, 0.05) is 19.3 Å². The summed E-state index contributed by atoms with van der Waals surface area (Å²) in [6, 6.07) is 0. The molecule has 0 radical (unpaired) electrons. The van der Waals surface area contributed by atoms with Crippen molar-refractivity contribution in [1.29, 1.82) is 0 Å². The van der Waals surface area contributed by atoms with Crippen LogP contribution in [0.25, 0.3) is 0 Å². The van der Waals surface area contributed by atoms with Crippen molar-refractivity contribution in [2.24, 2.45) is 17.8 Å². The SMILES string of the molecule is CC(C)CCCCCCCCCCCCCCCCCCC(=O)OC[C@H](COC(=O)CCCCCCCCCCCCC(C)C)OC(=O)CCCCCCCCCCCCCCCCC(C)C. The van der Waals surface area contributed by atoms with Crippen molar-refractivity contribution >= 4 is 17.9 Å². The molecule has 0 rings (SSSR count). The molecule has 67 heavy (non-hydrogen) atoms. The molecule has 0 unspecified atom stereocenters. The van der Waals surface area contributed by atoms with E-state index in [1.807, 2.05) is 0 Å². The molecule has 0 bridgehead atoms. The molecule has 0 aromatic heterocycles. The van der Waals surface area contributed by atoms with Crippen LogP contribution >= 0.6 is 0 Å². The van der Waals surface area contributed by atoms with Gasteiger partial charge in [-0.1, -0.05) is 298 Å². The summed E-state index contributed by atoms with van der Waals surface area (Å²) < 4.78 is 16.9. The van der Waals surface area contributed by atoms with Crippen LogP contribution in [0.1, 0.15) is 337 Å². The molecule has 0 aromatic rings. The van der Waals surface area contributed by atoms with E-state index in [0.29, 0.717) is 19.3 Å². The number of esters is 3. The van der Waals surface area contributed by atoms with E-state index in [1.165, 1.54) is 218 Å². The third-order valence-corrected chi connectivity index (χ3v) is 13.9. The zero-order valence-electron chi connectivity index (χ0n) is 46.2. The smallest absolute Gasteiger partial charge is 0.306 e. The van der Waals surface area contributed by atoms with Crippen LogP contribution < -0.4 is 0 Å². The van der Waals surface area contributed by atoms with Gasteiger partial charge in [0.1, 0.15) is 13.2 Å². The monoisotopic (exact) mass is 947 g/mol. The molecular formula is C61H118O6. The van der Waals surface area contributed by atoms with Crippen molar-refractivity contribution in [1.82, 2.24) is 0 Å². The van der Waals surface area contributed by atoms with E-state index in [-0.39, 0.29) is 31.1 Å². The molecule has 0 amide bonds. The third-order valence-electron chi connectivity index (χ3n) is 13.9. The molecule has 1 atom stereocenters. The maximum Gasteiger partial charge on any atom is 0.306 e.